The van der Waals surface area contributed by atoms with Crippen LogP contribution in [-0.2, 0) is 28.9 Å². The second-order valence-corrected chi connectivity index (χ2v) is 6.42. The summed E-state index contributed by atoms with van der Waals surface area (Å²) in [4.78, 5) is 15.2. The van der Waals surface area contributed by atoms with Crippen LogP contribution in [0.1, 0.15) is 16.0 Å². The first kappa shape index (κ1) is 14.4. The summed E-state index contributed by atoms with van der Waals surface area (Å²) in [5, 5.41) is 2.80. The van der Waals surface area contributed by atoms with Crippen molar-refractivity contribution in [2.75, 3.05) is 18.6 Å². The van der Waals surface area contributed by atoms with Crippen LogP contribution in [0.4, 0.5) is 5.69 Å². The molecule has 5 heteroatoms. The monoisotopic (exact) mass is 321 g/mol. The molecule has 3 rings (SSSR count). The van der Waals surface area contributed by atoms with Crippen molar-refractivity contribution < 1.29 is 9.53 Å². The normalized spacial score (nSPS) is 13.9. The number of carbonyl (C=O) groups is 1. The molecule has 1 aliphatic rings. The number of benzene rings is 1. The van der Waals surface area contributed by atoms with E-state index in [2.05, 4.69) is 16.3 Å². The van der Waals surface area contributed by atoms with Gasteiger partial charge in [0.05, 0.1) is 24.2 Å². The van der Waals surface area contributed by atoms with Crippen LogP contribution in [0, 0.1) is 0 Å². The van der Waals surface area contributed by atoms with Gasteiger partial charge < -0.3 is 9.64 Å². The predicted molar refractivity (Wildman–Crippen MR) is 86.2 cm³/mol. The van der Waals surface area contributed by atoms with Crippen LogP contribution in [0.3, 0.4) is 0 Å². The molecule has 0 aliphatic carbocycles. The average Bonchev–Trinajstić information content (AvgIpc) is 2.96. The fraction of sp³-hybridized carbons (Fsp3) is 0.312. The van der Waals surface area contributed by atoms with Crippen LogP contribution in [-0.4, -0.2) is 19.6 Å². The van der Waals surface area contributed by atoms with Gasteiger partial charge in [-0.3, -0.25) is 4.79 Å². The van der Waals surface area contributed by atoms with Crippen LogP contribution < -0.4 is 4.90 Å². The molecule has 2 heterocycles. The number of carbonyl (C=O) groups excluding carboxylic acids is 1. The average molecular weight is 322 g/mol. The molecule has 0 spiro atoms. The van der Waals surface area contributed by atoms with Gasteiger partial charge in [-0.25, -0.2) is 0 Å². The molecular formula is C16H16ClNO2S. The van der Waals surface area contributed by atoms with Crippen molar-refractivity contribution >= 4 is 34.6 Å². The number of hydrogen-bond acceptors (Lipinski definition) is 4. The topological polar surface area (TPSA) is 29.5 Å². The van der Waals surface area contributed by atoms with Gasteiger partial charge in [-0.2, -0.15) is 0 Å². The Balaban J connectivity index is 1.86. The number of methoxy groups -OCH3 is 1. The molecule has 3 nitrogen and oxygen atoms in total. The Labute approximate surface area is 133 Å². The number of hydrogen-bond donors (Lipinski definition) is 0. The Morgan fingerprint density at radius 2 is 2.29 bits per heavy atom. The van der Waals surface area contributed by atoms with Crippen LogP contribution >= 0.6 is 22.9 Å². The van der Waals surface area contributed by atoms with Gasteiger partial charge in [0.15, 0.2) is 0 Å². The van der Waals surface area contributed by atoms with E-state index < -0.39 is 0 Å². The number of rotatable bonds is 3. The SMILES string of the molecule is COC(=O)Cc1cccc(N2CCc3sccc3C2)c1Cl. The summed E-state index contributed by atoms with van der Waals surface area (Å²) in [6.07, 6.45) is 1.26. The smallest absolute Gasteiger partial charge is 0.310 e. The Morgan fingerprint density at radius 1 is 1.43 bits per heavy atom. The lowest BCUT2D eigenvalue weighted by molar-refractivity contribution is -0.139. The molecule has 21 heavy (non-hydrogen) atoms. The molecule has 0 fully saturated rings. The number of anilines is 1. The van der Waals surface area contributed by atoms with Crippen molar-refractivity contribution in [2.24, 2.45) is 0 Å². The van der Waals surface area contributed by atoms with Crippen LogP contribution in [0.15, 0.2) is 29.6 Å². The van der Waals surface area contributed by atoms with Crippen molar-refractivity contribution in [2.45, 2.75) is 19.4 Å². The van der Waals surface area contributed by atoms with E-state index in [0.29, 0.717) is 5.02 Å². The molecule has 0 amide bonds. The maximum Gasteiger partial charge on any atom is 0.310 e. The van der Waals surface area contributed by atoms with Crippen molar-refractivity contribution in [3.05, 3.63) is 50.7 Å². The number of ether oxygens (including phenoxy) is 1. The molecule has 1 aliphatic heterocycles. The Hall–Kier alpha value is -1.52. The summed E-state index contributed by atoms with van der Waals surface area (Å²) < 4.78 is 4.72. The van der Waals surface area contributed by atoms with E-state index in [-0.39, 0.29) is 12.4 Å². The van der Waals surface area contributed by atoms with Crippen molar-refractivity contribution in [3.63, 3.8) is 0 Å². The van der Waals surface area contributed by atoms with E-state index in [4.69, 9.17) is 16.3 Å². The summed E-state index contributed by atoms with van der Waals surface area (Å²) in [5.74, 6) is -0.271. The number of nitrogens with zero attached hydrogens (tertiary/aromatic N) is 1. The van der Waals surface area contributed by atoms with Crippen LogP contribution in [0.5, 0.6) is 0 Å². The number of esters is 1. The van der Waals surface area contributed by atoms with Gasteiger partial charge in [-0.05, 0) is 35.1 Å². The second kappa shape index (κ2) is 6.08. The second-order valence-electron chi connectivity index (χ2n) is 5.04. The zero-order valence-electron chi connectivity index (χ0n) is 11.8. The Kier molecular flexibility index (Phi) is 4.17. The fourth-order valence-electron chi connectivity index (χ4n) is 2.63. The number of fused-ring (bicyclic) bond motifs is 1. The van der Waals surface area contributed by atoms with Gasteiger partial charge in [-0.1, -0.05) is 23.7 Å². The third-order valence-corrected chi connectivity index (χ3v) is 5.23. The molecular weight excluding hydrogens is 306 g/mol. The van der Waals surface area contributed by atoms with Crippen molar-refractivity contribution in [1.29, 1.82) is 0 Å². The molecule has 1 aromatic carbocycles. The standard InChI is InChI=1S/C16H16ClNO2S/c1-20-15(19)9-11-3-2-4-13(16(11)17)18-7-5-14-12(10-18)6-8-21-14/h2-4,6,8H,5,7,9-10H2,1H3. The van der Waals surface area contributed by atoms with E-state index in [1.165, 1.54) is 17.6 Å². The van der Waals surface area contributed by atoms with Gasteiger partial charge >= 0.3 is 5.97 Å². The van der Waals surface area contributed by atoms with Gasteiger partial charge in [0, 0.05) is 18.0 Å². The summed E-state index contributed by atoms with van der Waals surface area (Å²) in [6, 6.07) is 8.02. The lowest BCUT2D eigenvalue weighted by atomic mass is 10.1. The summed E-state index contributed by atoms with van der Waals surface area (Å²) in [6.45, 7) is 1.83. The van der Waals surface area contributed by atoms with E-state index >= 15 is 0 Å². The molecule has 0 saturated carbocycles. The molecule has 110 valence electrons. The first-order valence-electron chi connectivity index (χ1n) is 6.83. The van der Waals surface area contributed by atoms with Crippen molar-refractivity contribution in [3.8, 4) is 0 Å². The highest BCUT2D eigenvalue weighted by atomic mass is 35.5. The first-order valence-corrected chi connectivity index (χ1v) is 8.09. The van der Waals surface area contributed by atoms with Gasteiger partial charge in [0.2, 0.25) is 0 Å². The van der Waals surface area contributed by atoms with Crippen LogP contribution in [0.2, 0.25) is 5.02 Å². The van der Waals surface area contributed by atoms with Gasteiger partial charge in [-0.15, -0.1) is 11.3 Å². The maximum atomic E-state index is 11.5. The maximum absolute atomic E-state index is 11.5. The van der Waals surface area contributed by atoms with E-state index in [0.717, 1.165) is 30.8 Å². The molecule has 0 radical (unpaired) electrons. The minimum Gasteiger partial charge on any atom is -0.469 e. The number of thiophene rings is 1. The number of halogens is 1. The van der Waals surface area contributed by atoms with Crippen LogP contribution in [0.25, 0.3) is 0 Å². The molecule has 0 atom stereocenters. The third-order valence-electron chi connectivity index (χ3n) is 3.77. The summed E-state index contributed by atoms with van der Waals surface area (Å²) >= 11 is 8.32. The zero-order valence-corrected chi connectivity index (χ0v) is 13.3. The molecule has 2 aromatic rings. The molecule has 0 N–H and O–H groups in total. The highest BCUT2D eigenvalue weighted by Crippen LogP contribution is 2.34. The summed E-state index contributed by atoms with van der Waals surface area (Å²) in [5.41, 5.74) is 3.19. The predicted octanol–water partition coefficient (Wildman–Crippen LogP) is 3.68. The third kappa shape index (κ3) is 2.92. The van der Waals surface area contributed by atoms with Gasteiger partial charge in [0.25, 0.3) is 0 Å². The highest BCUT2D eigenvalue weighted by Gasteiger charge is 2.20. The molecule has 0 unspecified atom stereocenters. The minimum absolute atomic E-state index is 0.209. The van der Waals surface area contributed by atoms with E-state index in [1.54, 1.807) is 0 Å². The lowest BCUT2D eigenvalue weighted by Gasteiger charge is -2.30. The molecule has 0 bridgehead atoms. The first-order chi connectivity index (χ1) is 10.2. The Morgan fingerprint density at radius 3 is 3.10 bits per heavy atom. The largest absolute Gasteiger partial charge is 0.469 e. The van der Waals surface area contributed by atoms with E-state index in [1.807, 2.05) is 29.5 Å². The van der Waals surface area contributed by atoms with E-state index in [9.17, 15) is 4.79 Å². The summed E-state index contributed by atoms with van der Waals surface area (Å²) in [7, 11) is 1.39. The zero-order chi connectivity index (χ0) is 14.8. The van der Waals surface area contributed by atoms with Gasteiger partial charge in [0.1, 0.15) is 0 Å². The fourth-order valence-corrected chi connectivity index (χ4v) is 3.83. The minimum atomic E-state index is -0.271. The van der Waals surface area contributed by atoms with Crippen molar-refractivity contribution in [1.82, 2.24) is 0 Å². The highest BCUT2D eigenvalue weighted by molar-refractivity contribution is 7.10. The molecule has 1 aromatic heterocycles. The Bertz CT molecular complexity index is 668. The quantitative estimate of drug-likeness (QED) is 0.808. The lowest BCUT2D eigenvalue weighted by Crippen LogP contribution is -2.29. The molecule has 0 saturated heterocycles.